The van der Waals surface area contributed by atoms with Crippen molar-refractivity contribution in [2.24, 2.45) is 0 Å². The molecule has 1 aliphatic rings. The van der Waals surface area contributed by atoms with Gasteiger partial charge in [-0.15, -0.1) is 0 Å². The summed E-state index contributed by atoms with van der Waals surface area (Å²) >= 11 is 0. The summed E-state index contributed by atoms with van der Waals surface area (Å²) in [6.07, 6.45) is 7.24. The number of nitrogens with one attached hydrogen (secondary N) is 1. The van der Waals surface area contributed by atoms with Gasteiger partial charge in [-0.2, -0.15) is 0 Å². The number of morpholine rings is 1. The van der Waals surface area contributed by atoms with Gasteiger partial charge in [0.05, 0.1) is 12.2 Å². The van der Waals surface area contributed by atoms with Gasteiger partial charge in [0.2, 0.25) is 5.91 Å². The molecule has 0 bridgehead atoms. The molecule has 2 rings (SSSR count). The number of aromatic nitrogens is 1. The molecule has 1 aromatic rings. The number of hydrogen-bond donors (Lipinski definition) is 1. The van der Waals surface area contributed by atoms with Crippen molar-refractivity contribution < 1.29 is 9.53 Å². The van der Waals surface area contributed by atoms with Crippen LogP contribution in [0.5, 0.6) is 0 Å². The van der Waals surface area contributed by atoms with E-state index in [1.54, 1.807) is 24.5 Å². The number of hydrogen-bond acceptors (Lipinski definition) is 4. The van der Waals surface area contributed by atoms with Crippen LogP contribution in [-0.4, -0.2) is 53.7 Å². The van der Waals surface area contributed by atoms with Crippen LogP contribution in [0.1, 0.15) is 26.3 Å². The van der Waals surface area contributed by atoms with Gasteiger partial charge in [0, 0.05) is 44.1 Å². The van der Waals surface area contributed by atoms with Gasteiger partial charge in [-0.3, -0.25) is 14.7 Å². The second kappa shape index (κ2) is 8.06. The van der Waals surface area contributed by atoms with E-state index in [1.807, 2.05) is 12.1 Å². The lowest BCUT2D eigenvalue weighted by Crippen LogP contribution is -2.52. The lowest BCUT2D eigenvalue weighted by molar-refractivity contribution is -0.117. The fourth-order valence-corrected chi connectivity index (χ4v) is 2.66. The molecule has 1 saturated heterocycles. The zero-order valence-electron chi connectivity index (χ0n) is 13.5. The van der Waals surface area contributed by atoms with E-state index in [-0.39, 0.29) is 18.1 Å². The first-order chi connectivity index (χ1) is 10.5. The highest BCUT2D eigenvalue weighted by atomic mass is 16.5. The molecular weight excluding hydrogens is 278 g/mol. The van der Waals surface area contributed by atoms with Crippen molar-refractivity contribution in [3.8, 4) is 0 Å². The van der Waals surface area contributed by atoms with E-state index in [2.05, 4.69) is 36.0 Å². The van der Waals surface area contributed by atoms with Crippen LogP contribution < -0.4 is 5.32 Å². The van der Waals surface area contributed by atoms with E-state index in [4.69, 9.17) is 4.74 Å². The van der Waals surface area contributed by atoms with Crippen LogP contribution in [0.2, 0.25) is 0 Å². The quantitative estimate of drug-likeness (QED) is 0.841. The lowest BCUT2D eigenvalue weighted by atomic mass is 10.1. The average molecular weight is 303 g/mol. The fourth-order valence-electron chi connectivity index (χ4n) is 2.66. The van der Waals surface area contributed by atoms with Gasteiger partial charge in [-0.05, 0) is 38.5 Å². The molecule has 120 valence electrons. The molecule has 0 aliphatic carbocycles. The van der Waals surface area contributed by atoms with Crippen LogP contribution in [0.4, 0.5) is 0 Å². The maximum atomic E-state index is 11.9. The molecule has 1 amide bonds. The summed E-state index contributed by atoms with van der Waals surface area (Å²) in [5, 5.41) is 2.95. The Bertz CT molecular complexity index is 494. The summed E-state index contributed by atoms with van der Waals surface area (Å²) in [6.45, 7) is 8.76. The first-order valence-corrected chi connectivity index (χ1v) is 7.80. The van der Waals surface area contributed by atoms with Crippen LogP contribution >= 0.6 is 0 Å². The molecule has 1 aliphatic heterocycles. The molecule has 1 N–H and O–H groups in total. The highest BCUT2D eigenvalue weighted by molar-refractivity contribution is 5.91. The second-order valence-corrected chi connectivity index (χ2v) is 5.93. The summed E-state index contributed by atoms with van der Waals surface area (Å²) in [6, 6.07) is 4.06. The molecule has 1 fully saturated rings. The van der Waals surface area contributed by atoms with E-state index in [0.29, 0.717) is 12.6 Å². The number of carbonyl (C=O) groups is 1. The maximum Gasteiger partial charge on any atom is 0.244 e. The highest BCUT2D eigenvalue weighted by Gasteiger charge is 2.25. The molecule has 0 unspecified atom stereocenters. The first-order valence-electron chi connectivity index (χ1n) is 7.80. The molecule has 0 spiro atoms. The third-order valence-corrected chi connectivity index (χ3v) is 3.75. The van der Waals surface area contributed by atoms with Crippen molar-refractivity contribution in [2.75, 3.05) is 19.6 Å². The Labute approximate surface area is 132 Å². The predicted octanol–water partition coefficient (Wildman–Crippen LogP) is 1.71. The van der Waals surface area contributed by atoms with Crippen LogP contribution in [0, 0.1) is 0 Å². The minimum Gasteiger partial charge on any atom is -0.373 e. The van der Waals surface area contributed by atoms with Crippen molar-refractivity contribution in [1.82, 2.24) is 15.2 Å². The van der Waals surface area contributed by atoms with E-state index in [9.17, 15) is 4.79 Å². The van der Waals surface area contributed by atoms with Gasteiger partial charge < -0.3 is 10.1 Å². The summed E-state index contributed by atoms with van der Waals surface area (Å²) < 4.78 is 5.73. The molecule has 0 aromatic carbocycles. The van der Waals surface area contributed by atoms with Gasteiger partial charge in [0.1, 0.15) is 0 Å². The summed E-state index contributed by atoms with van der Waals surface area (Å²) in [4.78, 5) is 18.2. The molecule has 5 heteroatoms. The van der Waals surface area contributed by atoms with Crippen molar-refractivity contribution >= 4 is 12.0 Å². The third kappa shape index (κ3) is 5.24. The smallest absolute Gasteiger partial charge is 0.244 e. The average Bonchev–Trinajstić information content (AvgIpc) is 2.50. The van der Waals surface area contributed by atoms with Gasteiger partial charge >= 0.3 is 0 Å². The van der Waals surface area contributed by atoms with E-state index < -0.39 is 0 Å². The van der Waals surface area contributed by atoms with Crippen molar-refractivity contribution in [2.45, 2.75) is 39.0 Å². The Morgan fingerprint density at radius 1 is 1.50 bits per heavy atom. The molecule has 1 aromatic heterocycles. The van der Waals surface area contributed by atoms with Crippen molar-refractivity contribution in [3.63, 3.8) is 0 Å². The summed E-state index contributed by atoms with van der Waals surface area (Å²) in [5.74, 6) is -0.0786. The molecule has 0 radical (unpaired) electrons. The van der Waals surface area contributed by atoms with Crippen LogP contribution in [0.25, 0.3) is 6.08 Å². The SMILES string of the molecule is C[C@@H]1CN([C@H](C)CNC(=O)/C=C/c2cccnc2)C[C@H](C)O1. The molecule has 3 atom stereocenters. The number of rotatable bonds is 5. The molecule has 2 heterocycles. The minimum atomic E-state index is -0.0786. The Hall–Kier alpha value is -1.72. The Morgan fingerprint density at radius 3 is 2.86 bits per heavy atom. The standard InChI is InChI=1S/C17H25N3O2/c1-13(20-11-14(2)22-15(3)12-20)9-19-17(21)7-6-16-5-4-8-18-10-16/h4-8,10,13-15H,9,11-12H2,1-3H3,(H,19,21)/b7-6+/t13-,14-,15+/m1/s1. The Kier molecular flexibility index (Phi) is 6.10. The highest BCUT2D eigenvalue weighted by Crippen LogP contribution is 2.13. The monoisotopic (exact) mass is 303 g/mol. The fraction of sp³-hybridized carbons (Fsp3) is 0.529. The lowest BCUT2D eigenvalue weighted by Gasteiger charge is -2.38. The molecule has 5 nitrogen and oxygen atoms in total. The zero-order valence-corrected chi connectivity index (χ0v) is 13.5. The van der Waals surface area contributed by atoms with Crippen LogP contribution in [0.15, 0.2) is 30.6 Å². The van der Waals surface area contributed by atoms with Gasteiger partial charge in [0.15, 0.2) is 0 Å². The van der Waals surface area contributed by atoms with Gasteiger partial charge in [-0.1, -0.05) is 6.07 Å². The third-order valence-electron chi connectivity index (χ3n) is 3.75. The number of ether oxygens (including phenoxy) is 1. The number of nitrogens with zero attached hydrogens (tertiary/aromatic N) is 2. The predicted molar refractivity (Wildman–Crippen MR) is 87.3 cm³/mol. The van der Waals surface area contributed by atoms with Gasteiger partial charge in [0.25, 0.3) is 0 Å². The largest absolute Gasteiger partial charge is 0.373 e. The van der Waals surface area contributed by atoms with E-state index in [0.717, 1.165) is 18.7 Å². The van der Waals surface area contributed by atoms with Crippen LogP contribution in [0.3, 0.4) is 0 Å². The van der Waals surface area contributed by atoms with Crippen LogP contribution in [-0.2, 0) is 9.53 Å². The van der Waals surface area contributed by atoms with E-state index >= 15 is 0 Å². The maximum absolute atomic E-state index is 11.9. The van der Waals surface area contributed by atoms with Crippen molar-refractivity contribution in [3.05, 3.63) is 36.2 Å². The first kappa shape index (κ1) is 16.6. The minimum absolute atomic E-state index is 0.0786. The Morgan fingerprint density at radius 2 is 2.23 bits per heavy atom. The van der Waals surface area contributed by atoms with Gasteiger partial charge in [-0.25, -0.2) is 0 Å². The molecular formula is C17H25N3O2. The second-order valence-electron chi connectivity index (χ2n) is 5.93. The summed E-state index contributed by atoms with van der Waals surface area (Å²) in [5.41, 5.74) is 0.918. The topological polar surface area (TPSA) is 54.5 Å². The van der Waals surface area contributed by atoms with E-state index in [1.165, 1.54) is 0 Å². The zero-order chi connectivity index (χ0) is 15.9. The molecule has 22 heavy (non-hydrogen) atoms. The van der Waals surface area contributed by atoms with Crippen molar-refractivity contribution in [1.29, 1.82) is 0 Å². The summed E-state index contributed by atoms with van der Waals surface area (Å²) in [7, 11) is 0. The molecule has 0 saturated carbocycles. The number of amides is 1. The normalized spacial score (nSPS) is 24.3. The number of carbonyl (C=O) groups excluding carboxylic acids is 1. The number of pyridine rings is 1. The Balaban J connectivity index is 1.77.